The van der Waals surface area contributed by atoms with E-state index in [0.717, 1.165) is 12.8 Å². The predicted octanol–water partition coefficient (Wildman–Crippen LogP) is 0.966. The van der Waals surface area contributed by atoms with Crippen LogP contribution in [0.25, 0.3) is 0 Å². The van der Waals surface area contributed by atoms with Gasteiger partial charge in [-0.2, -0.15) is 0 Å². The molecule has 2 atom stereocenters. The van der Waals surface area contributed by atoms with E-state index in [-0.39, 0.29) is 23.4 Å². The zero-order valence-corrected chi connectivity index (χ0v) is 16.1. The third-order valence-corrected chi connectivity index (χ3v) is 6.80. The second-order valence-corrected chi connectivity index (χ2v) is 8.86. The minimum absolute atomic E-state index is 0.0624. The summed E-state index contributed by atoms with van der Waals surface area (Å²) in [6.45, 7) is 0.513. The van der Waals surface area contributed by atoms with E-state index in [0.29, 0.717) is 24.3 Å². The lowest BCUT2D eigenvalue weighted by atomic mass is 9.98. The van der Waals surface area contributed by atoms with Crippen molar-refractivity contribution in [2.24, 2.45) is 0 Å². The SMILES string of the molecule is COCCNS(=O)(=O)c1ccc(C(=O)N(C)C2CC3CCC(C2)N3)cc1. The van der Waals surface area contributed by atoms with Crippen LogP contribution in [0.1, 0.15) is 36.0 Å². The summed E-state index contributed by atoms with van der Waals surface area (Å²) < 4.78 is 31.7. The van der Waals surface area contributed by atoms with E-state index >= 15 is 0 Å². The molecule has 1 aromatic carbocycles. The Morgan fingerprint density at radius 3 is 2.42 bits per heavy atom. The number of ether oxygens (including phenoxy) is 1. The standard InChI is InChI=1S/C18H27N3O4S/c1-21(16-11-14-5-6-15(12-16)20-14)18(22)13-3-7-17(8-4-13)26(23,24)19-9-10-25-2/h3-4,7-8,14-16,19-20H,5-6,9-12H2,1-2H3. The highest BCUT2D eigenvalue weighted by Gasteiger charge is 2.36. The van der Waals surface area contributed by atoms with Gasteiger partial charge in [-0.05, 0) is 49.9 Å². The number of sulfonamides is 1. The molecule has 7 nitrogen and oxygen atoms in total. The molecule has 2 saturated heterocycles. The smallest absolute Gasteiger partial charge is 0.253 e. The normalized spacial score (nSPS) is 25.2. The van der Waals surface area contributed by atoms with Gasteiger partial charge in [0.2, 0.25) is 10.0 Å². The zero-order valence-electron chi connectivity index (χ0n) is 15.3. The van der Waals surface area contributed by atoms with Crippen LogP contribution in [0.3, 0.4) is 0 Å². The van der Waals surface area contributed by atoms with Crippen LogP contribution in [-0.2, 0) is 14.8 Å². The molecular formula is C18H27N3O4S. The van der Waals surface area contributed by atoms with Gasteiger partial charge in [-0.15, -0.1) is 0 Å². The van der Waals surface area contributed by atoms with E-state index in [4.69, 9.17) is 4.74 Å². The first-order valence-corrected chi connectivity index (χ1v) is 10.5. The molecule has 1 amide bonds. The third kappa shape index (κ3) is 4.25. The van der Waals surface area contributed by atoms with Crippen molar-refractivity contribution in [3.05, 3.63) is 29.8 Å². The van der Waals surface area contributed by atoms with E-state index in [1.807, 2.05) is 11.9 Å². The van der Waals surface area contributed by atoms with Crippen molar-refractivity contribution in [3.63, 3.8) is 0 Å². The number of hydrogen-bond acceptors (Lipinski definition) is 5. The Morgan fingerprint density at radius 1 is 1.23 bits per heavy atom. The summed E-state index contributed by atoms with van der Waals surface area (Å²) in [6.07, 6.45) is 4.33. The number of amides is 1. The monoisotopic (exact) mass is 381 g/mol. The van der Waals surface area contributed by atoms with Crippen LogP contribution in [0, 0.1) is 0 Å². The van der Waals surface area contributed by atoms with Gasteiger partial charge in [0, 0.05) is 44.4 Å². The molecule has 2 fully saturated rings. The minimum atomic E-state index is -3.59. The molecule has 0 aliphatic carbocycles. The van der Waals surface area contributed by atoms with Crippen LogP contribution < -0.4 is 10.0 Å². The molecule has 8 heteroatoms. The van der Waals surface area contributed by atoms with E-state index in [1.165, 1.54) is 32.1 Å². The number of carbonyl (C=O) groups excluding carboxylic acids is 1. The average Bonchev–Trinajstić information content (AvgIpc) is 2.98. The number of hydrogen-bond donors (Lipinski definition) is 2. The number of fused-ring (bicyclic) bond motifs is 2. The number of piperidine rings is 1. The number of benzene rings is 1. The highest BCUT2D eigenvalue weighted by atomic mass is 32.2. The van der Waals surface area contributed by atoms with Crippen molar-refractivity contribution in [2.45, 2.75) is 48.7 Å². The second kappa shape index (κ2) is 8.04. The predicted molar refractivity (Wildman–Crippen MR) is 98.6 cm³/mol. The Balaban J connectivity index is 1.65. The van der Waals surface area contributed by atoms with Gasteiger partial charge < -0.3 is 15.0 Å². The van der Waals surface area contributed by atoms with Gasteiger partial charge in [0.15, 0.2) is 0 Å². The fourth-order valence-corrected chi connectivity index (χ4v) is 4.86. The van der Waals surface area contributed by atoms with Gasteiger partial charge in [0.1, 0.15) is 0 Å². The van der Waals surface area contributed by atoms with Crippen LogP contribution in [-0.4, -0.2) is 64.7 Å². The van der Waals surface area contributed by atoms with Crippen LogP contribution in [0.15, 0.2) is 29.2 Å². The Hall–Kier alpha value is -1.48. The van der Waals surface area contributed by atoms with Gasteiger partial charge in [-0.1, -0.05) is 0 Å². The summed E-state index contributed by atoms with van der Waals surface area (Å²) in [5.74, 6) is -0.0624. The minimum Gasteiger partial charge on any atom is -0.383 e. The molecule has 3 rings (SSSR count). The molecule has 26 heavy (non-hydrogen) atoms. The first-order valence-electron chi connectivity index (χ1n) is 9.02. The van der Waals surface area contributed by atoms with Crippen molar-refractivity contribution in [1.82, 2.24) is 14.9 Å². The molecular weight excluding hydrogens is 354 g/mol. The van der Waals surface area contributed by atoms with Crippen LogP contribution >= 0.6 is 0 Å². The maximum absolute atomic E-state index is 12.8. The molecule has 0 saturated carbocycles. The summed E-state index contributed by atoms with van der Waals surface area (Å²) in [4.78, 5) is 14.7. The maximum atomic E-state index is 12.8. The summed E-state index contributed by atoms with van der Waals surface area (Å²) in [5, 5.41) is 3.58. The molecule has 2 aliphatic heterocycles. The lowest BCUT2D eigenvalue weighted by molar-refractivity contribution is 0.0681. The van der Waals surface area contributed by atoms with Crippen molar-refractivity contribution >= 4 is 15.9 Å². The molecule has 0 spiro atoms. The lowest BCUT2D eigenvalue weighted by Gasteiger charge is -2.35. The van der Waals surface area contributed by atoms with Gasteiger partial charge >= 0.3 is 0 Å². The first kappa shape index (κ1) is 19.3. The Bertz CT molecular complexity index is 723. The zero-order chi connectivity index (χ0) is 18.7. The quantitative estimate of drug-likeness (QED) is 0.687. The summed E-state index contributed by atoms with van der Waals surface area (Å²) >= 11 is 0. The van der Waals surface area contributed by atoms with Crippen LogP contribution in [0.2, 0.25) is 0 Å². The van der Waals surface area contributed by atoms with Crippen molar-refractivity contribution in [3.8, 4) is 0 Å². The fourth-order valence-electron chi connectivity index (χ4n) is 3.85. The number of nitrogens with one attached hydrogen (secondary N) is 2. The number of carbonyl (C=O) groups is 1. The summed E-state index contributed by atoms with van der Waals surface area (Å²) in [5.41, 5.74) is 0.509. The molecule has 144 valence electrons. The first-order chi connectivity index (χ1) is 12.4. The van der Waals surface area contributed by atoms with Gasteiger partial charge in [-0.25, -0.2) is 13.1 Å². The van der Waals surface area contributed by atoms with Gasteiger partial charge in [-0.3, -0.25) is 4.79 Å². The largest absolute Gasteiger partial charge is 0.383 e. The number of rotatable bonds is 7. The number of nitrogens with zero attached hydrogens (tertiary/aromatic N) is 1. The molecule has 2 unspecified atom stereocenters. The number of methoxy groups -OCH3 is 1. The highest BCUT2D eigenvalue weighted by Crippen LogP contribution is 2.29. The highest BCUT2D eigenvalue weighted by molar-refractivity contribution is 7.89. The Kier molecular flexibility index (Phi) is 5.96. The molecule has 2 aliphatic rings. The van der Waals surface area contributed by atoms with E-state index in [2.05, 4.69) is 10.0 Å². The molecule has 1 aromatic rings. The molecule has 0 radical (unpaired) electrons. The van der Waals surface area contributed by atoms with Crippen LogP contribution in [0.4, 0.5) is 0 Å². The van der Waals surface area contributed by atoms with E-state index < -0.39 is 10.0 Å². The molecule has 2 bridgehead atoms. The van der Waals surface area contributed by atoms with Crippen molar-refractivity contribution in [2.75, 3.05) is 27.3 Å². The Labute approximate surface area is 155 Å². The molecule has 2 heterocycles. The lowest BCUT2D eigenvalue weighted by Crippen LogP contribution is -2.48. The van der Waals surface area contributed by atoms with E-state index in [1.54, 1.807) is 12.1 Å². The average molecular weight is 381 g/mol. The Morgan fingerprint density at radius 2 is 1.85 bits per heavy atom. The molecule has 2 N–H and O–H groups in total. The maximum Gasteiger partial charge on any atom is 0.253 e. The summed E-state index contributed by atoms with van der Waals surface area (Å²) in [6, 6.07) is 7.38. The van der Waals surface area contributed by atoms with Gasteiger partial charge in [0.25, 0.3) is 5.91 Å². The van der Waals surface area contributed by atoms with E-state index in [9.17, 15) is 13.2 Å². The summed E-state index contributed by atoms with van der Waals surface area (Å²) in [7, 11) is -0.230. The third-order valence-electron chi connectivity index (χ3n) is 5.33. The van der Waals surface area contributed by atoms with Crippen LogP contribution in [0.5, 0.6) is 0 Å². The second-order valence-electron chi connectivity index (χ2n) is 7.09. The topological polar surface area (TPSA) is 87.7 Å². The van der Waals surface area contributed by atoms with Gasteiger partial charge in [0.05, 0.1) is 11.5 Å². The van der Waals surface area contributed by atoms with Crippen molar-refractivity contribution in [1.29, 1.82) is 0 Å². The molecule has 0 aromatic heterocycles. The van der Waals surface area contributed by atoms with Crippen molar-refractivity contribution < 1.29 is 17.9 Å². The fraction of sp³-hybridized carbons (Fsp3) is 0.611.